The summed E-state index contributed by atoms with van der Waals surface area (Å²) in [6, 6.07) is 12.8. The zero-order valence-corrected chi connectivity index (χ0v) is 31.1. The Morgan fingerprint density at radius 3 is 1.62 bits per heavy atom. The molecule has 1 aliphatic heterocycles. The van der Waals surface area contributed by atoms with Crippen LogP contribution in [0.2, 0.25) is 0 Å². The van der Waals surface area contributed by atoms with Crippen molar-refractivity contribution in [1.82, 2.24) is 26.2 Å². The first kappa shape index (κ1) is 43.2. The molecule has 0 aromatic heterocycles. The fraction of sp³-hybridized carbons (Fsp3) is 0.459. The van der Waals surface area contributed by atoms with Crippen LogP contribution < -0.4 is 49.9 Å². The summed E-state index contributed by atoms with van der Waals surface area (Å²) in [5.74, 6) is -3.79. The van der Waals surface area contributed by atoms with Crippen molar-refractivity contribution in [3.63, 3.8) is 0 Å². The first-order valence-electron chi connectivity index (χ1n) is 18.2. The van der Waals surface area contributed by atoms with Crippen LogP contribution in [0.1, 0.15) is 56.6 Å². The van der Waals surface area contributed by atoms with Gasteiger partial charge in [-0.1, -0.05) is 60.7 Å². The van der Waals surface area contributed by atoms with Crippen molar-refractivity contribution in [3.8, 4) is 0 Å². The van der Waals surface area contributed by atoms with Gasteiger partial charge in [-0.25, -0.2) is 0 Å². The van der Waals surface area contributed by atoms with Gasteiger partial charge in [0.25, 0.3) is 0 Å². The molecular weight excluding hydrogens is 708 g/mol. The summed E-state index contributed by atoms with van der Waals surface area (Å²) in [5, 5.41) is 10.9. The minimum absolute atomic E-state index is 0.0673. The van der Waals surface area contributed by atoms with Crippen LogP contribution in [-0.4, -0.2) is 102 Å². The smallest absolute Gasteiger partial charge is 0.245 e. The lowest BCUT2D eigenvalue weighted by molar-refractivity contribution is -0.142. The number of hydrogen-bond donors (Lipinski definition) is 9. The maximum atomic E-state index is 14.2. The molecule has 2 aromatic carbocycles. The molecule has 3 rings (SSSR count). The standard InChI is InChI=1S/C37H54N12O6/c1-23(50)45-28(21-24-11-4-2-5-12-24)32(52)48-29(22-25-13-6-3-7-14-25)33(53)47-27(16-9-19-44-37(41)42)35(55)49-20-10-17-30(49)34(54)46-26(31(38)51)15-8-18-43-36(39)40/h2-7,11-14,26-30H,8-10,15-22H2,1H3,(H2,38,51)(H,45,50)(H,46,54)(H,47,53)(H,48,52)(H4,39,40,43)(H4,41,42,44)/t26-,27-,28-,29-,30-/m0/s1. The number of nitrogens with one attached hydrogen (secondary N) is 4. The van der Waals surface area contributed by atoms with E-state index in [-0.39, 0.29) is 63.7 Å². The van der Waals surface area contributed by atoms with Crippen LogP contribution >= 0.6 is 0 Å². The number of nitrogens with zero attached hydrogens (tertiary/aromatic N) is 3. The van der Waals surface area contributed by atoms with E-state index in [9.17, 15) is 28.8 Å². The molecule has 1 heterocycles. The Kier molecular flexibility index (Phi) is 17.4. The SMILES string of the molecule is CC(=O)N[C@@H](Cc1ccccc1)C(=O)N[C@@H](Cc1ccccc1)C(=O)N[C@@H](CCCN=C(N)N)C(=O)N1CCC[C@H]1C(=O)N[C@@H](CCCN=C(N)N)C(N)=O. The number of carbonyl (C=O) groups excluding carboxylic acids is 6. The third-order valence-corrected chi connectivity index (χ3v) is 8.90. The number of hydrogen-bond acceptors (Lipinski definition) is 8. The van der Waals surface area contributed by atoms with Crippen molar-refractivity contribution in [2.45, 2.75) is 88.5 Å². The van der Waals surface area contributed by atoms with Gasteiger partial charge < -0.3 is 54.8 Å². The molecule has 0 aliphatic carbocycles. The molecular formula is C37H54N12O6. The van der Waals surface area contributed by atoms with Gasteiger partial charge in [0.1, 0.15) is 30.2 Å². The molecule has 6 amide bonds. The molecule has 14 N–H and O–H groups in total. The monoisotopic (exact) mass is 762 g/mol. The van der Waals surface area contributed by atoms with Gasteiger partial charge in [0.2, 0.25) is 35.4 Å². The summed E-state index contributed by atoms with van der Waals surface area (Å²) in [5.41, 5.74) is 28.8. The zero-order chi connectivity index (χ0) is 40.3. The van der Waals surface area contributed by atoms with Crippen LogP contribution in [0, 0.1) is 0 Å². The lowest BCUT2D eigenvalue weighted by atomic mass is 10.0. The number of amides is 6. The highest BCUT2D eigenvalue weighted by Gasteiger charge is 2.39. The molecule has 1 aliphatic rings. The molecule has 0 bridgehead atoms. The zero-order valence-electron chi connectivity index (χ0n) is 31.1. The van der Waals surface area contributed by atoms with Crippen LogP contribution in [0.5, 0.6) is 0 Å². The molecule has 18 nitrogen and oxygen atoms in total. The Bertz CT molecular complexity index is 1660. The third kappa shape index (κ3) is 15.0. The van der Waals surface area contributed by atoms with E-state index in [2.05, 4.69) is 31.3 Å². The predicted molar refractivity (Wildman–Crippen MR) is 207 cm³/mol. The van der Waals surface area contributed by atoms with Gasteiger partial charge >= 0.3 is 0 Å². The minimum atomic E-state index is -1.16. The summed E-state index contributed by atoms with van der Waals surface area (Å²) >= 11 is 0. The summed E-state index contributed by atoms with van der Waals surface area (Å²) in [4.78, 5) is 89.2. The van der Waals surface area contributed by atoms with Crippen LogP contribution in [0.15, 0.2) is 70.6 Å². The molecule has 2 aromatic rings. The van der Waals surface area contributed by atoms with E-state index in [1.165, 1.54) is 11.8 Å². The normalized spacial score (nSPS) is 15.7. The van der Waals surface area contributed by atoms with Gasteiger partial charge in [-0.05, 0) is 49.7 Å². The van der Waals surface area contributed by atoms with Gasteiger partial charge in [0, 0.05) is 39.4 Å². The molecule has 1 fully saturated rings. The predicted octanol–water partition coefficient (Wildman–Crippen LogP) is -1.99. The fourth-order valence-electron chi connectivity index (χ4n) is 6.23. The number of carbonyl (C=O) groups is 6. The number of guanidine groups is 2. The Morgan fingerprint density at radius 2 is 1.15 bits per heavy atom. The van der Waals surface area contributed by atoms with Crippen molar-refractivity contribution in [3.05, 3.63) is 71.8 Å². The summed E-state index contributed by atoms with van der Waals surface area (Å²) in [7, 11) is 0. The number of nitrogens with two attached hydrogens (primary N) is 5. The second-order valence-electron chi connectivity index (χ2n) is 13.3. The number of aliphatic imine (C=N–C) groups is 2. The third-order valence-electron chi connectivity index (χ3n) is 8.90. The van der Waals surface area contributed by atoms with Crippen LogP contribution in [0.25, 0.3) is 0 Å². The molecule has 55 heavy (non-hydrogen) atoms. The minimum Gasteiger partial charge on any atom is -0.370 e. The fourth-order valence-corrected chi connectivity index (χ4v) is 6.23. The second-order valence-corrected chi connectivity index (χ2v) is 13.3. The molecule has 1 saturated heterocycles. The van der Waals surface area contributed by atoms with E-state index in [0.717, 1.165) is 11.1 Å². The maximum Gasteiger partial charge on any atom is 0.245 e. The topological polar surface area (TPSA) is 309 Å². The van der Waals surface area contributed by atoms with E-state index in [1.54, 1.807) is 24.3 Å². The lowest BCUT2D eigenvalue weighted by Gasteiger charge is -2.31. The van der Waals surface area contributed by atoms with E-state index < -0.39 is 65.7 Å². The Labute approximate surface area is 320 Å². The van der Waals surface area contributed by atoms with Crippen molar-refractivity contribution >= 4 is 47.4 Å². The molecule has 0 saturated carbocycles. The number of benzene rings is 2. The number of likely N-dealkylation sites (tertiary alicyclic amines) is 1. The number of primary amides is 1. The quantitative estimate of drug-likeness (QED) is 0.0383. The maximum absolute atomic E-state index is 14.2. The largest absolute Gasteiger partial charge is 0.370 e. The summed E-state index contributed by atoms with van der Waals surface area (Å²) in [6.07, 6.45) is 1.95. The van der Waals surface area contributed by atoms with E-state index >= 15 is 0 Å². The van der Waals surface area contributed by atoms with Crippen LogP contribution in [-0.2, 0) is 41.6 Å². The molecule has 0 unspecified atom stereocenters. The Hall–Kier alpha value is -6.20. The van der Waals surface area contributed by atoms with E-state index in [0.29, 0.717) is 19.3 Å². The molecule has 298 valence electrons. The van der Waals surface area contributed by atoms with Gasteiger partial charge in [-0.15, -0.1) is 0 Å². The Balaban J connectivity index is 1.85. The van der Waals surface area contributed by atoms with Crippen LogP contribution in [0.3, 0.4) is 0 Å². The molecule has 5 atom stereocenters. The van der Waals surface area contributed by atoms with Crippen molar-refractivity contribution in [2.24, 2.45) is 38.7 Å². The van der Waals surface area contributed by atoms with Gasteiger partial charge in [0.05, 0.1) is 0 Å². The molecule has 0 radical (unpaired) electrons. The highest BCUT2D eigenvalue weighted by Crippen LogP contribution is 2.21. The van der Waals surface area contributed by atoms with E-state index in [4.69, 9.17) is 28.7 Å². The number of rotatable bonds is 21. The second kappa shape index (κ2) is 22.1. The van der Waals surface area contributed by atoms with Crippen molar-refractivity contribution < 1.29 is 28.8 Å². The highest BCUT2D eigenvalue weighted by atomic mass is 16.2. The summed E-state index contributed by atoms with van der Waals surface area (Å²) < 4.78 is 0. The average Bonchev–Trinajstić information content (AvgIpc) is 3.64. The van der Waals surface area contributed by atoms with Gasteiger partial charge in [0.15, 0.2) is 11.9 Å². The van der Waals surface area contributed by atoms with E-state index in [1.807, 2.05) is 36.4 Å². The first-order valence-corrected chi connectivity index (χ1v) is 18.2. The van der Waals surface area contributed by atoms with Gasteiger partial charge in [-0.2, -0.15) is 0 Å². The van der Waals surface area contributed by atoms with Crippen molar-refractivity contribution in [2.75, 3.05) is 19.6 Å². The average molecular weight is 763 g/mol. The lowest BCUT2D eigenvalue weighted by Crippen LogP contribution is -2.59. The van der Waals surface area contributed by atoms with Crippen LogP contribution in [0.4, 0.5) is 0 Å². The molecule has 18 heteroatoms. The molecule has 0 spiro atoms. The van der Waals surface area contributed by atoms with Gasteiger partial charge in [-0.3, -0.25) is 38.8 Å². The highest BCUT2D eigenvalue weighted by molar-refractivity contribution is 5.96. The van der Waals surface area contributed by atoms with Crippen molar-refractivity contribution in [1.29, 1.82) is 0 Å². The Morgan fingerprint density at radius 1 is 0.673 bits per heavy atom. The first-order chi connectivity index (χ1) is 26.2. The summed E-state index contributed by atoms with van der Waals surface area (Å²) in [6.45, 7) is 1.90.